The van der Waals surface area contributed by atoms with Gasteiger partial charge in [0.25, 0.3) is 5.91 Å². The molecule has 1 aliphatic rings. The Hall–Kier alpha value is -2.35. The van der Waals surface area contributed by atoms with Gasteiger partial charge in [-0.3, -0.25) is 4.79 Å². The van der Waals surface area contributed by atoms with Crippen molar-refractivity contribution in [2.75, 3.05) is 31.1 Å². The Morgan fingerprint density at radius 2 is 1.88 bits per heavy atom. The average molecular weight is 390 g/mol. The Morgan fingerprint density at radius 1 is 1.17 bits per heavy atom. The first-order valence-electron chi connectivity index (χ1n) is 7.69. The number of aryl methyl sites for hydroxylation is 1. The monoisotopic (exact) mass is 389 g/mol. The lowest BCUT2D eigenvalue weighted by atomic mass is 10.3. The standard InChI is InChI=1S/C16H16BrN5O2/c1-20-11-10-14(17)24-13(11)9-12(20)15(23)21-5-7-22(8-6-21)16-18-3-2-4-19-16/h2-4,9-10H,5-8H2,1H3. The first-order chi connectivity index (χ1) is 11.6. The quantitative estimate of drug-likeness (QED) is 0.672. The molecule has 1 aliphatic heterocycles. The van der Waals surface area contributed by atoms with Crippen molar-refractivity contribution in [1.29, 1.82) is 0 Å². The third-order valence-corrected chi connectivity index (χ3v) is 4.71. The Labute approximate surface area is 147 Å². The maximum absolute atomic E-state index is 12.8. The zero-order valence-corrected chi connectivity index (χ0v) is 14.7. The number of amides is 1. The average Bonchev–Trinajstić information content (AvgIpc) is 3.13. The van der Waals surface area contributed by atoms with E-state index in [0.29, 0.717) is 35.0 Å². The van der Waals surface area contributed by atoms with Crippen LogP contribution < -0.4 is 4.90 Å². The Bertz CT molecular complexity index is 881. The minimum absolute atomic E-state index is 0.0219. The maximum Gasteiger partial charge on any atom is 0.270 e. The number of nitrogens with zero attached hydrogens (tertiary/aromatic N) is 5. The van der Waals surface area contributed by atoms with E-state index in [4.69, 9.17) is 4.42 Å². The summed E-state index contributed by atoms with van der Waals surface area (Å²) in [4.78, 5) is 25.3. The zero-order valence-electron chi connectivity index (χ0n) is 13.1. The van der Waals surface area contributed by atoms with Crippen LogP contribution in [0.2, 0.25) is 0 Å². The molecule has 0 atom stereocenters. The van der Waals surface area contributed by atoms with Crippen LogP contribution in [0.15, 0.2) is 39.7 Å². The highest BCUT2D eigenvalue weighted by Crippen LogP contribution is 2.27. The van der Waals surface area contributed by atoms with Crippen LogP contribution in [-0.4, -0.2) is 51.5 Å². The second-order valence-electron chi connectivity index (χ2n) is 5.72. The molecule has 0 spiro atoms. The summed E-state index contributed by atoms with van der Waals surface area (Å²) in [5.41, 5.74) is 2.26. The van der Waals surface area contributed by atoms with E-state index in [-0.39, 0.29) is 5.91 Å². The lowest BCUT2D eigenvalue weighted by molar-refractivity contribution is 0.0737. The topological polar surface area (TPSA) is 67.4 Å². The minimum Gasteiger partial charge on any atom is -0.448 e. The van der Waals surface area contributed by atoms with Crippen LogP contribution in [0.1, 0.15) is 10.5 Å². The molecular formula is C16H16BrN5O2. The van der Waals surface area contributed by atoms with Crippen molar-refractivity contribution in [3.63, 3.8) is 0 Å². The molecule has 4 heterocycles. The van der Waals surface area contributed by atoms with Gasteiger partial charge in [0, 0.05) is 57.8 Å². The van der Waals surface area contributed by atoms with Crippen molar-refractivity contribution in [3.8, 4) is 0 Å². The molecule has 0 saturated carbocycles. The lowest BCUT2D eigenvalue weighted by Crippen LogP contribution is -2.49. The SMILES string of the molecule is Cn1c(C(=O)N2CCN(c3ncccn3)CC2)cc2oc(Br)cc21. The molecule has 0 aliphatic carbocycles. The van der Waals surface area contributed by atoms with Crippen molar-refractivity contribution >= 4 is 38.9 Å². The van der Waals surface area contributed by atoms with Crippen LogP contribution in [0.3, 0.4) is 0 Å². The van der Waals surface area contributed by atoms with Gasteiger partial charge in [-0.25, -0.2) is 9.97 Å². The van der Waals surface area contributed by atoms with Crippen molar-refractivity contribution in [2.24, 2.45) is 7.05 Å². The summed E-state index contributed by atoms with van der Waals surface area (Å²) in [5, 5.41) is 0. The second kappa shape index (κ2) is 5.94. The molecule has 3 aromatic heterocycles. The third kappa shape index (κ3) is 2.56. The van der Waals surface area contributed by atoms with Crippen LogP contribution in [-0.2, 0) is 7.05 Å². The molecule has 0 aromatic carbocycles. The molecule has 0 N–H and O–H groups in total. The predicted octanol–water partition coefficient (Wildman–Crippen LogP) is 2.29. The molecule has 1 fully saturated rings. The van der Waals surface area contributed by atoms with Gasteiger partial charge in [0.05, 0.1) is 5.52 Å². The van der Waals surface area contributed by atoms with Crippen LogP contribution >= 0.6 is 15.9 Å². The summed E-state index contributed by atoms with van der Waals surface area (Å²) in [5.74, 6) is 0.736. The number of carbonyl (C=O) groups is 1. The fraction of sp³-hybridized carbons (Fsp3) is 0.312. The molecule has 8 heteroatoms. The number of aromatic nitrogens is 3. The van der Waals surface area contributed by atoms with E-state index >= 15 is 0 Å². The van der Waals surface area contributed by atoms with Gasteiger partial charge < -0.3 is 18.8 Å². The molecule has 0 unspecified atom stereocenters. The van der Waals surface area contributed by atoms with Gasteiger partial charge in [-0.05, 0) is 22.0 Å². The Kier molecular flexibility index (Phi) is 3.76. The summed E-state index contributed by atoms with van der Waals surface area (Å²) >= 11 is 3.31. The largest absolute Gasteiger partial charge is 0.448 e. The molecule has 0 radical (unpaired) electrons. The predicted molar refractivity (Wildman–Crippen MR) is 93.0 cm³/mol. The van der Waals surface area contributed by atoms with Gasteiger partial charge in [0.2, 0.25) is 5.95 Å². The van der Waals surface area contributed by atoms with Gasteiger partial charge >= 0.3 is 0 Å². The number of hydrogen-bond acceptors (Lipinski definition) is 5. The van der Waals surface area contributed by atoms with Crippen LogP contribution in [0.5, 0.6) is 0 Å². The van der Waals surface area contributed by atoms with E-state index in [9.17, 15) is 4.79 Å². The zero-order chi connectivity index (χ0) is 16.7. The fourth-order valence-electron chi connectivity index (χ4n) is 3.01. The highest BCUT2D eigenvalue weighted by atomic mass is 79.9. The molecule has 124 valence electrons. The summed E-state index contributed by atoms with van der Waals surface area (Å²) in [6.45, 7) is 2.74. The van der Waals surface area contributed by atoms with Gasteiger partial charge in [-0.2, -0.15) is 0 Å². The van der Waals surface area contributed by atoms with E-state index in [2.05, 4.69) is 30.8 Å². The van der Waals surface area contributed by atoms with E-state index < -0.39 is 0 Å². The summed E-state index contributed by atoms with van der Waals surface area (Å²) in [7, 11) is 1.88. The summed E-state index contributed by atoms with van der Waals surface area (Å²) in [6.07, 6.45) is 3.47. The minimum atomic E-state index is 0.0219. The van der Waals surface area contributed by atoms with Crippen LogP contribution in [0, 0.1) is 0 Å². The number of fused-ring (bicyclic) bond motifs is 1. The number of halogens is 1. The summed E-state index contributed by atoms with van der Waals surface area (Å²) < 4.78 is 8.08. The number of piperazine rings is 1. The Balaban J connectivity index is 1.49. The van der Waals surface area contributed by atoms with Crippen LogP contribution in [0.4, 0.5) is 5.95 Å². The van der Waals surface area contributed by atoms with Gasteiger partial charge in [0.1, 0.15) is 5.69 Å². The molecule has 3 aromatic rings. The van der Waals surface area contributed by atoms with E-state index in [1.807, 2.05) is 22.6 Å². The molecule has 24 heavy (non-hydrogen) atoms. The Morgan fingerprint density at radius 3 is 2.54 bits per heavy atom. The van der Waals surface area contributed by atoms with E-state index in [0.717, 1.165) is 18.6 Å². The molecule has 1 amide bonds. The molecular weight excluding hydrogens is 374 g/mol. The smallest absolute Gasteiger partial charge is 0.270 e. The highest BCUT2D eigenvalue weighted by Gasteiger charge is 2.26. The van der Waals surface area contributed by atoms with Crippen molar-refractivity contribution in [2.45, 2.75) is 0 Å². The van der Waals surface area contributed by atoms with Crippen molar-refractivity contribution < 1.29 is 9.21 Å². The molecule has 4 rings (SSSR count). The number of rotatable bonds is 2. The normalized spacial score (nSPS) is 15.2. The molecule has 7 nitrogen and oxygen atoms in total. The van der Waals surface area contributed by atoms with Gasteiger partial charge in [-0.15, -0.1) is 0 Å². The molecule has 0 bridgehead atoms. The fourth-order valence-corrected chi connectivity index (χ4v) is 3.40. The van der Waals surface area contributed by atoms with Crippen LogP contribution in [0.25, 0.3) is 11.1 Å². The number of carbonyl (C=O) groups excluding carboxylic acids is 1. The highest BCUT2D eigenvalue weighted by molar-refractivity contribution is 9.10. The van der Waals surface area contributed by atoms with Gasteiger partial charge in [-0.1, -0.05) is 0 Å². The van der Waals surface area contributed by atoms with Crippen molar-refractivity contribution in [1.82, 2.24) is 19.4 Å². The first-order valence-corrected chi connectivity index (χ1v) is 8.49. The molecule has 1 saturated heterocycles. The number of hydrogen-bond donors (Lipinski definition) is 0. The maximum atomic E-state index is 12.8. The number of anilines is 1. The second-order valence-corrected chi connectivity index (χ2v) is 6.50. The van der Waals surface area contributed by atoms with E-state index in [1.54, 1.807) is 24.5 Å². The third-order valence-electron chi connectivity index (χ3n) is 4.32. The lowest BCUT2D eigenvalue weighted by Gasteiger charge is -2.34. The summed E-state index contributed by atoms with van der Waals surface area (Å²) in [6, 6.07) is 5.47. The van der Waals surface area contributed by atoms with Crippen molar-refractivity contribution in [3.05, 3.63) is 41.0 Å². The number of furan rings is 1. The van der Waals surface area contributed by atoms with Gasteiger partial charge in [0.15, 0.2) is 10.3 Å². The van der Waals surface area contributed by atoms with E-state index in [1.165, 1.54) is 0 Å². The first kappa shape index (κ1) is 15.2.